The average Bonchev–Trinajstić information content (AvgIpc) is 2.77. The van der Waals surface area contributed by atoms with Crippen LogP contribution in [0.1, 0.15) is 29.8 Å². The number of sulfonamides is 1. The first-order valence-corrected chi connectivity index (χ1v) is 10.1. The van der Waals surface area contributed by atoms with Crippen molar-refractivity contribution in [2.75, 3.05) is 15.4 Å². The highest BCUT2D eigenvalue weighted by molar-refractivity contribution is 7.94. The lowest BCUT2D eigenvalue weighted by Gasteiger charge is -2.17. The van der Waals surface area contributed by atoms with Crippen LogP contribution < -0.4 is 9.62 Å². The number of hydrogen-bond donors (Lipinski definition) is 1. The van der Waals surface area contributed by atoms with Gasteiger partial charge in [-0.25, -0.2) is 12.7 Å². The predicted octanol–water partition coefficient (Wildman–Crippen LogP) is 3.66. The van der Waals surface area contributed by atoms with Crippen LogP contribution in [0.25, 0.3) is 0 Å². The van der Waals surface area contributed by atoms with Crippen molar-refractivity contribution < 1.29 is 31.2 Å². The molecule has 1 aliphatic rings. The summed E-state index contributed by atoms with van der Waals surface area (Å²) in [6.07, 6.45) is -4.47. The van der Waals surface area contributed by atoms with Crippen molar-refractivity contribution >= 4 is 33.2 Å². The maximum Gasteiger partial charge on any atom is 0.416 e. The molecule has 0 bridgehead atoms. The van der Waals surface area contributed by atoms with Crippen molar-refractivity contribution in [3.63, 3.8) is 0 Å². The van der Waals surface area contributed by atoms with E-state index in [9.17, 15) is 31.2 Å². The molecule has 3 rings (SSSR count). The predicted molar refractivity (Wildman–Crippen MR) is 101 cm³/mol. The van der Waals surface area contributed by atoms with Gasteiger partial charge in [0.15, 0.2) is 0 Å². The molecule has 2 aromatic rings. The smallest absolute Gasteiger partial charge is 0.322 e. The number of halogens is 3. The highest BCUT2D eigenvalue weighted by Gasteiger charge is 2.49. The molecular formula is C19H17F3N2O4S. The summed E-state index contributed by atoms with van der Waals surface area (Å²) < 4.78 is 63.1. The summed E-state index contributed by atoms with van der Waals surface area (Å²) in [6.45, 7) is 3.08. The summed E-state index contributed by atoms with van der Waals surface area (Å²) in [4.78, 5) is 24.7. The lowest BCUT2D eigenvalue weighted by atomic mass is 9.95. The Hall–Kier alpha value is -2.88. The first-order chi connectivity index (χ1) is 13.3. The van der Waals surface area contributed by atoms with Crippen molar-refractivity contribution in [2.45, 2.75) is 20.0 Å². The number of carbonyl (C=O) groups is 2. The lowest BCUT2D eigenvalue weighted by Crippen LogP contribution is -2.32. The van der Waals surface area contributed by atoms with Crippen LogP contribution in [-0.2, 0) is 21.0 Å². The summed E-state index contributed by atoms with van der Waals surface area (Å²) in [5.74, 6) is -1.46. The number of nitrogens with zero attached hydrogens (tertiary/aromatic N) is 1. The summed E-state index contributed by atoms with van der Waals surface area (Å²) >= 11 is 0. The van der Waals surface area contributed by atoms with Crippen LogP contribution in [-0.4, -0.2) is 26.0 Å². The zero-order chi connectivity index (χ0) is 21.6. The number of rotatable bonds is 3. The summed E-state index contributed by atoms with van der Waals surface area (Å²) in [6, 6.07) is 9.30. The van der Waals surface area contributed by atoms with E-state index < -0.39 is 39.0 Å². The molecule has 2 aromatic carbocycles. The van der Waals surface area contributed by atoms with E-state index in [0.717, 1.165) is 28.6 Å². The van der Waals surface area contributed by atoms with E-state index in [-0.39, 0.29) is 22.7 Å². The van der Waals surface area contributed by atoms with Gasteiger partial charge in [0.25, 0.3) is 5.91 Å². The van der Waals surface area contributed by atoms with Crippen LogP contribution in [0.3, 0.4) is 0 Å². The molecule has 0 aromatic heterocycles. The minimum Gasteiger partial charge on any atom is -0.322 e. The molecule has 0 unspecified atom stereocenters. The lowest BCUT2D eigenvalue weighted by molar-refractivity contribution is -0.137. The van der Waals surface area contributed by atoms with Gasteiger partial charge in [0.2, 0.25) is 15.9 Å². The Labute approximate surface area is 165 Å². The van der Waals surface area contributed by atoms with Crippen LogP contribution in [0.15, 0.2) is 48.5 Å². The van der Waals surface area contributed by atoms with Gasteiger partial charge in [-0.15, -0.1) is 0 Å². The number of carbonyl (C=O) groups excluding carboxylic acids is 2. The maximum atomic E-state index is 12.6. The summed E-state index contributed by atoms with van der Waals surface area (Å²) in [5, 5.41) is 2.46. The molecule has 1 heterocycles. The number of anilines is 2. The fraction of sp³-hybridized carbons (Fsp3) is 0.263. The van der Waals surface area contributed by atoms with E-state index in [0.29, 0.717) is 0 Å². The molecular weight excluding hydrogens is 409 g/mol. The van der Waals surface area contributed by atoms with Gasteiger partial charge in [-0.3, -0.25) is 9.59 Å². The number of nitrogens with one attached hydrogen (secondary N) is 1. The number of alkyl halides is 3. The van der Waals surface area contributed by atoms with E-state index in [2.05, 4.69) is 5.32 Å². The molecule has 0 radical (unpaired) electrons. The van der Waals surface area contributed by atoms with Crippen molar-refractivity contribution in [1.29, 1.82) is 0 Å². The van der Waals surface area contributed by atoms with E-state index in [1.54, 1.807) is 13.8 Å². The highest BCUT2D eigenvalue weighted by atomic mass is 32.2. The molecule has 1 aliphatic heterocycles. The van der Waals surface area contributed by atoms with E-state index in [1.165, 1.54) is 24.3 Å². The standard InChI is InChI=1S/C19H17F3N2O4S/c1-18(2)11-29(27,28)24(17(18)26)15-9-3-12(4-10-15)16(25)23-14-7-5-13(6-8-14)19(20,21)22/h3-10H,11H2,1-2H3,(H,23,25). The van der Waals surface area contributed by atoms with Gasteiger partial charge in [-0.1, -0.05) is 0 Å². The van der Waals surface area contributed by atoms with Gasteiger partial charge in [0.05, 0.1) is 22.4 Å². The van der Waals surface area contributed by atoms with Crippen LogP contribution in [0.2, 0.25) is 0 Å². The average molecular weight is 426 g/mol. The molecule has 10 heteroatoms. The monoisotopic (exact) mass is 426 g/mol. The Morgan fingerprint density at radius 1 is 1.03 bits per heavy atom. The van der Waals surface area contributed by atoms with Crippen molar-refractivity contribution in [2.24, 2.45) is 5.41 Å². The normalized spacial score (nSPS) is 18.0. The molecule has 29 heavy (non-hydrogen) atoms. The molecule has 2 amide bonds. The van der Waals surface area contributed by atoms with E-state index in [1.807, 2.05) is 0 Å². The molecule has 0 aliphatic carbocycles. The molecule has 1 fully saturated rings. The Bertz CT molecular complexity index is 1060. The van der Waals surface area contributed by atoms with Gasteiger partial charge < -0.3 is 5.32 Å². The molecule has 154 valence electrons. The second kappa shape index (κ2) is 6.87. The van der Waals surface area contributed by atoms with E-state index in [4.69, 9.17) is 0 Å². The van der Waals surface area contributed by atoms with Gasteiger partial charge >= 0.3 is 6.18 Å². The zero-order valence-electron chi connectivity index (χ0n) is 15.4. The minimum absolute atomic E-state index is 0.117. The third-order valence-corrected chi connectivity index (χ3v) is 6.44. The fourth-order valence-electron chi connectivity index (χ4n) is 2.96. The molecule has 0 saturated carbocycles. The summed E-state index contributed by atoms with van der Waals surface area (Å²) in [7, 11) is -3.80. The van der Waals surface area contributed by atoms with Crippen LogP contribution >= 0.6 is 0 Å². The second-order valence-electron chi connectivity index (χ2n) is 7.29. The third kappa shape index (κ3) is 4.12. The van der Waals surface area contributed by atoms with Crippen LogP contribution in [0, 0.1) is 5.41 Å². The number of benzene rings is 2. The molecule has 1 saturated heterocycles. The Morgan fingerprint density at radius 3 is 2.03 bits per heavy atom. The maximum absolute atomic E-state index is 12.6. The Morgan fingerprint density at radius 2 is 1.59 bits per heavy atom. The molecule has 6 nitrogen and oxygen atoms in total. The second-order valence-corrected chi connectivity index (χ2v) is 9.10. The number of hydrogen-bond acceptors (Lipinski definition) is 4. The van der Waals surface area contributed by atoms with Crippen molar-refractivity contribution in [1.82, 2.24) is 0 Å². The largest absolute Gasteiger partial charge is 0.416 e. The highest BCUT2D eigenvalue weighted by Crippen LogP contribution is 2.35. The van der Waals surface area contributed by atoms with Crippen molar-refractivity contribution in [3.05, 3.63) is 59.7 Å². The van der Waals surface area contributed by atoms with Gasteiger partial charge in [-0.2, -0.15) is 13.2 Å². The first kappa shape index (κ1) is 20.8. The fourth-order valence-corrected chi connectivity index (χ4v) is 5.06. The quantitative estimate of drug-likeness (QED) is 0.812. The Kier molecular flexibility index (Phi) is 4.94. The third-order valence-electron chi connectivity index (χ3n) is 4.42. The topological polar surface area (TPSA) is 83.6 Å². The molecule has 1 N–H and O–H groups in total. The van der Waals surface area contributed by atoms with E-state index >= 15 is 0 Å². The Balaban J connectivity index is 1.77. The van der Waals surface area contributed by atoms with Gasteiger partial charge in [0, 0.05) is 11.3 Å². The van der Waals surface area contributed by atoms with Crippen LogP contribution in [0.5, 0.6) is 0 Å². The molecule has 0 spiro atoms. The van der Waals surface area contributed by atoms with Crippen molar-refractivity contribution in [3.8, 4) is 0 Å². The first-order valence-electron chi connectivity index (χ1n) is 8.47. The number of amides is 2. The minimum atomic E-state index is -4.47. The zero-order valence-corrected chi connectivity index (χ0v) is 16.3. The van der Waals surface area contributed by atoms with Crippen LogP contribution in [0.4, 0.5) is 24.5 Å². The summed E-state index contributed by atoms with van der Waals surface area (Å²) in [5.41, 5.74) is -1.44. The SMILES string of the molecule is CC1(C)CS(=O)(=O)N(c2ccc(C(=O)Nc3ccc(C(F)(F)F)cc3)cc2)C1=O. The molecule has 0 atom stereocenters. The van der Waals surface area contributed by atoms with Gasteiger partial charge in [0.1, 0.15) is 0 Å². The van der Waals surface area contributed by atoms with Gasteiger partial charge in [-0.05, 0) is 62.4 Å².